The molecule has 5 heteroatoms. The summed E-state index contributed by atoms with van der Waals surface area (Å²) in [6.45, 7) is 3.90. The molecule has 21 heavy (non-hydrogen) atoms. The summed E-state index contributed by atoms with van der Waals surface area (Å²) in [6.07, 6.45) is 3.04. The maximum Gasteiger partial charge on any atom is 0.317 e. The van der Waals surface area contributed by atoms with Crippen molar-refractivity contribution in [3.8, 4) is 0 Å². The van der Waals surface area contributed by atoms with Gasteiger partial charge in [0.2, 0.25) is 0 Å². The molecule has 1 aliphatic carbocycles. The molecule has 0 heterocycles. The summed E-state index contributed by atoms with van der Waals surface area (Å²) < 4.78 is 0. The number of aliphatic carboxylic acids is 1. The van der Waals surface area contributed by atoms with E-state index in [1.807, 2.05) is 30.0 Å². The Hall–Kier alpha value is -1.10. The number of carboxylic acid groups (broad SMARTS) is 1. The minimum atomic E-state index is -0.741. The fourth-order valence-electron chi connectivity index (χ4n) is 2.84. The third kappa shape index (κ3) is 4.99. The average Bonchev–Trinajstić information content (AvgIpc) is 2.39. The topological polar surface area (TPSA) is 52.6 Å². The quantitative estimate of drug-likeness (QED) is 0.774. The molecule has 0 saturated heterocycles. The fourth-order valence-corrected chi connectivity index (χ4v) is 3.05. The lowest BCUT2D eigenvalue weighted by Crippen LogP contribution is -2.53. The van der Waals surface area contributed by atoms with E-state index in [0.717, 1.165) is 37.4 Å². The molecular formula is C16H23ClN2O2. The van der Waals surface area contributed by atoms with Gasteiger partial charge in [-0.1, -0.05) is 30.7 Å². The van der Waals surface area contributed by atoms with Gasteiger partial charge in [-0.25, -0.2) is 0 Å². The zero-order valence-electron chi connectivity index (χ0n) is 12.4. The van der Waals surface area contributed by atoms with Crippen molar-refractivity contribution in [3.63, 3.8) is 0 Å². The van der Waals surface area contributed by atoms with Crippen LogP contribution in [0.4, 0.5) is 0 Å². The van der Waals surface area contributed by atoms with E-state index in [2.05, 4.69) is 11.4 Å². The van der Waals surface area contributed by atoms with Gasteiger partial charge in [-0.05, 0) is 50.0 Å². The highest BCUT2D eigenvalue weighted by atomic mass is 35.5. The minimum absolute atomic E-state index is 0.149. The molecule has 0 aliphatic heterocycles. The van der Waals surface area contributed by atoms with Gasteiger partial charge in [-0.3, -0.25) is 9.69 Å². The molecular weight excluding hydrogens is 288 g/mol. The Morgan fingerprint density at radius 1 is 1.48 bits per heavy atom. The Balaban J connectivity index is 1.65. The van der Waals surface area contributed by atoms with Gasteiger partial charge in [0.1, 0.15) is 0 Å². The van der Waals surface area contributed by atoms with E-state index in [1.54, 1.807) is 0 Å². The second kappa shape index (κ2) is 7.78. The van der Waals surface area contributed by atoms with Gasteiger partial charge in [-0.2, -0.15) is 0 Å². The lowest BCUT2D eigenvalue weighted by molar-refractivity contribution is -0.139. The van der Waals surface area contributed by atoms with Crippen LogP contribution in [0, 0.1) is 0 Å². The fraction of sp³-hybridized carbons (Fsp3) is 0.562. The first kappa shape index (κ1) is 16.3. The third-order valence-electron chi connectivity index (χ3n) is 4.11. The molecule has 1 aliphatic rings. The van der Waals surface area contributed by atoms with E-state index in [4.69, 9.17) is 16.7 Å². The maximum absolute atomic E-state index is 10.8. The summed E-state index contributed by atoms with van der Waals surface area (Å²) in [7, 11) is 0. The Morgan fingerprint density at radius 2 is 2.24 bits per heavy atom. The van der Waals surface area contributed by atoms with Crippen molar-refractivity contribution in [2.75, 3.05) is 19.6 Å². The highest BCUT2D eigenvalue weighted by Gasteiger charge is 2.33. The van der Waals surface area contributed by atoms with Gasteiger partial charge in [0, 0.05) is 17.1 Å². The standard InChI is InChI=1S/C16H23ClN2O2/c1-2-19(11-16(20)21)15-9-14(10-15)18-7-6-12-4-3-5-13(17)8-12/h3-5,8,14-15,18H,2,6-7,9-11H2,1H3,(H,20,21). The number of carbonyl (C=O) groups is 1. The van der Waals surface area contributed by atoms with Gasteiger partial charge in [-0.15, -0.1) is 0 Å². The molecule has 0 bridgehead atoms. The molecule has 1 aromatic carbocycles. The molecule has 2 rings (SSSR count). The lowest BCUT2D eigenvalue weighted by atomic mass is 9.85. The van der Waals surface area contributed by atoms with Crippen LogP contribution in [0.1, 0.15) is 25.3 Å². The van der Waals surface area contributed by atoms with Crippen LogP contribution in [0.25, 0.3) is 0 Å². The summed E-state index contributed by atoms with van der Waals surface area (Å²) in [5.74, 6) is -0.741. The smallest absolute Gasteiger partial charge is 0.317 e. The molecule has 0 aromatic heterocycles. The second-order valence-corrected chi connectivity index (χ2v) is 6.05. The van der Waals surface area contributed by atoms with Crippen LogP contribution in [0.2, 0.25) is 5.02 Å². The third-order valence-corrected chi connectivity index (χ3v) is 4.34. The molecule has 1 saturated carbocycles. The Kier molecular flexibility index (Phi) is 6.03. The zero-order chi connectivity index (χ0) is 15.2. The first-order valence-electron chi connectivity index (χ1n) is 7.52. The number of nitrogens with zero attached hydrogens (tertiary/aromatic N) is 1. The van der Waals surface area contributed by atoms with E-state index >= 15 is 0 Å². The predicted octanol–water partition coefficient (Wildman–Crippen LogP) is 2.41. The molecule has 2 N–H and O–H groups in total. The Labute approximate surface area is 131 Å². The molecule has 0 spiro atoms. The van der Waals surface area contributed by atoms with Crippen LogP contribution in [0.3, 0.4) is 0 Å². The van der Waals surface area contributed by atoms with Gasteiger partial charge < -0.3 is 10.4 Å². The van der Waals surface area contributed by atoms with Crippen molar-refractivity contribution in [2.45, 2.75) is 38.3 Å². The maximum atomic E-state index is 10.8. The summed E-state index contributed by atoms with van der Waals surface area (Å²) in [5.41, 5.74) is 1.24. The largest absolute Gasteiger partial charge is 0.480 e. The summed E-state index contributed by atoms with van der Waals surface area (Å²) in [5, 5.41) is 13.2. The first-order valence-corrected chi connectivity index (χ1v) is 7.90. The van der Waals surface area contributed by atoms with E-state index in [0.29, 0.717) is 12.1 Å². The van der Waals surface area contributed by atoms with Crippen LogP contribution in [-0.2, 0) is 11.2 Å². The molecule has 1 aromatic rings. The van der Waals surface area contributed by atoms with Crippen LogP contribution >= 0.6 is 11.6 Å². The summed E-state index contributed by atoms with van der Waals surface area (Å²) in [6, 6.07) is 8.87. The minimum Gasteiger partial charge on any atom is -0.480 e. The van der Waals surface area contributed by atoms with Gasteiger partial charge >= 0.3 is 5.97 Å². The van der Waals surface area contributed by atoms with Crippen molar-refractivity contribution in [2.24, 2.45) is 0 Å². The number of rotatable bonds is 8. The van der Waals surface area contributed by atoms with E-state index in [9.17, 15) is 4.79 Å². The van der Waals surface area contributed by atoms with Gasteiger partial charge in [0.25, 0.3) is 0 Å². The SMILES string of the molecule is CCN(CC(=O)O)C1CC(NCCc2cccc(Cl)c2)C1. The zero-order valence-corrected chi connectivity index (χ0v) is 13.1. The van der Waals surface area contributed by atoms with Crippen molar-refractivity contribution in [1.29, 1.82) is 0 Å². The molecule has 0 atom stereocenters. The van der Waals surface area contributed by atoms with E-state index in [1.165, 1.54) is 5.56 Å². The monoisotopic (exact) mass is 310 g/mol. The van der Waals surface area contributed by atoms with Crippen LogP contribution in [-0.4, -0.2) is 47.7 Å². The highest BCUT2D eigenvalue weighted by molar-refractivity contribution is 6.30. The Morgan fingerprint density at radius 3 is 2.86 bits per heavy atom. The number of benzene rings is 1. The number of likely N-dealkylation sites (N-methyl/N-ethyl adjacent to an activating group) is 1. The molecule has 0 unspecified atom stereocenters. The van der Waals surface area contributed by atoms with Gasteiger partial charge in [0.05, 0.1) is 6.54 Å². The number of nitrogens with one attached hydrogen (secondary N) is 1. The van der Waals surface area contributed by atoms with Gasteiger partial charge in [0.15, 0.2) is 0 Å². The summed E-state index contributed by atoms with van der Waals surface area (Å²) >= 11 is 5.96. The molecule has 1 fully saturated rings. The van der Waals surface area contributed by atoms with Crippen molar-refractivity contribution < 1.29 is 9.90 Å². The Bertz CT molecular complexity index is 475. The molecule has 0 radical (unpaired) electrons. The van der Waals surface area contributed by atoms with Crippen LogP contribution < -0.4 is 5.32 Å². The second-order valence-electron chi connectivity index (χ2n) is 5.61. The molecule has 4 nitrogen and oxygen atoms in total. The van der Waals surface area contributed by atoms with Crippen molar-refractivity contribution in [1.82, 2.24) is 10.2 Å². The van der Waals surface area contributed by atoms with Crippen LogP contribution in [0.5, 0.6) is 0 Å². The number of hydrogen-bond donors (Lipinski definition) is 2. The summed E-state index contributed by atoms with van der Waals surface area (Å²) in [4.78, 5) is 12.8. The normalized spacial score (nSPS) is 21.3. The predicted molar refractivity (Wildman–Crippen MR) is 84.9 cm³/mol. The average molecular weight is 311 g/mol. The molecule has 0 amide bonds. The molecule has 116 valence electrons. The van der Waals surface area contributed by atoms with Crippen LogP contribution in [0.15, 0.2) is 24.3 Å². The van der Waals surface area contributed by atoms with E-state index in [-0.39, 0.29) is 6.54 Å². The number of carboxylic acids is 1. The van der Waals surface area contributed by atoms with Crippen molar-refractivity contribution >= 4 is 17.6 Å². The number of hydrogen-bond acceptors (Lipinski definition) is 3. The lowest BCUT2D eigenvalue weighted by Gasteiger charge is -2.42. The first-order chi connectivity index (χ1) is 10.1. The highest BCUT2D eigenvalue weighted by Crippen LogP contribution is 2.25. The van der Waals surface area contributed by atoms with Crippen molar-refractivity contribution in [3.05, 3.63) is 34.9 Å². The van der Waals surface area contributed by atoms with E-state index < -0.39 is 5.97 Å². The number of halogens is 1.